The Hall–Kier alpha value is -0.220. The maximum Gasteiger partial charge on any atom is 0.239 e. The molecule has 1 heterocycles. The molecule has 0 spiro atoms. The maximum absolute atomic E-state index is 11.7. The van der Waals surface area contributed by atoms with E-state index in [0.717, 1.165) is 31.7 Å². The number of hydrogen-bond acceptors (Lipinski definition) is 3. The van der Waals surface area contributed by atoms with E-state index in [1.165, 1.54) is 0 Å². The van der Waals surface area contributed by atoms with Crippen LogP contribution in [-0.2, 0) is 4.79 Å². The predicted octanol–water partition coefficient (Wildman–Crippen LogP) is 0.560. The van der Waals surface area contributed by atoms with Gasteiger partial charge < -0.3 is 10.2 Å². The fourth-order valence-electron chi connectivity index (χ4n) is 1.50. The summed E-state index contributed by atoms with van der Waals surface area (Å²) >= 11 is 1.78. The van der Waals surface area contributed by atoms with E-state index < -0.39 is 0 Å². The summed E-state index contributed by atoms with van der Waals surface area (Å²) in [5.41, 5.74) is 0. The molecule has 1 amide bonds. The zero-order chi connectivity index (χ0) is 9.68. The van der Waals surface area contributed by atoms with Gasteiger partial charge in [0.25, 0.3) is 0 Å². The number of carbonyl (C=O) groups is 1. The first-order chi connectivity index (χ1) is 6.25. The molecule has 3 nitrogen and oxygen atoms in total. The summed E-state index contributed by atoms with van der Waals surface area (Å²) < 4.78 is 0. The van der Waals surface area contributed by atoms with Crippen molar-refractivity contribution in [2.45, 2.75) is 18.9 Å². The highest BCUT2D eigenvalue weighted by Gasteiger charge is 2.24. The molecular formula is C9H18N2OS. The molecule has 1 saturated heterocycles. The lowest BCUT2D eigenvalue weighted by Gasteiger charge is -2.20. The summed E-state index contributed by atoms with van der Waals surface area (Å²) in [5, 5.41) is 3.22. The van der Waals surface area contributed by atoms with Crippen LogP contribution in [0.4, 0.5) is 0 Å². The molecule has 1 aliphatic heterocycles. The highest BCUT2D eigenvalue weighted by atomic mass is 32.2. The first kappa shape index (κ1) is 10.9. The number of likely N-dealkylation sites (N-methyl/N-ethyl adjacent to an activating group) is 1. The zero-order valence-corrected chi connectivity index (χ0v) is 9.19. The number of hydrogen-bond donors (Lipinski definition) is 1. The molecule has 0 aromatic rings. The second-order valence-electron chi connectivity index (χ2n) is 3.40. The van der Waals surface area contributed by atoms with Crippen molar-refractivity contribution in [3.63, 3.8) is 0 Å². The molecule has 0 bridgehead atoms. The average molecular weight is 202 g/mol. The van der Waals surface area contributed by atoms with Crippen LogP contribution >= 0.6 is 11.8 Å². The molecule has 13 heavy (non-hydrogen) atoms. The van der Waals surface area contributed by atoms with Crippen LogP contribution in [0.3, 0.4) is 0 Å². The predicted molar refractivity (Wildman–Crippen MR) is 57.0 cm³/mol. The molecular weight excluding hydrogens is 184 g/mol. The fourth-order valence-corrected chi connectivity index (χ4v) is 1.96. The number of amides is 1. The second-order valence-corrected chi connectivity index (χ2v) is 4.39. The Balaban J connectivity index is 2.28. The standard InChI is InChI=1S/C9H18N2OS/c1-11(6-7-13-2)9(12)8-4-3-5-10-8/h8,10H,3-7H2,1-2H3. The van der Waals surface area contributed by atoms with Gasteiger partial charge in [-0.1, -0.05) is 0 Å². The maximum atomic E-state index is 11.7. The summed E-state index contributed by atoms with van der Waals surface area (Å²) in [6.07, 6.45) is 4.20. The highest BCUT2D eigenvalue weighted by Crippen LogP contribution is 2.07. The van der Waals surface area contributed by atoms with Crippen LogP contribution in [0.25, 0.3) is 0 Å². The largest absolute Gasteiger partial charge is 0.344 e. The summed E-state index contributed by atoms with van der Waals surface area (Å²) in [4.78, 5) is 13.5. The van der Waals surface area contributed by atoms with Gasteiger partial charge in [-0.25, -0.2) is 0 Å². The minimum atomic E-state index is 0.0897. The Morgan fingerprint density at radius 1 is 1.69 bits per heavy atom. The topological polar surface area (TPSA) is 32.3 Å². The van der Waals surface area contributed by atoms with Gasteiger partial charge in [0.1, 0.15) is 0 Å². The molecule has 0 aromatic carbocycles. The van der Waals surface area contributed by atoms with Crippen LogP contribution in [-0.4, -0.2) is 49.0 Å². The van der Waals surface area contributed by atoms with Gasteiger partial charge in [0.15, 0.2) is 0 Å². The molecule has 1 unspecified atom stereocenters. The van der Waals surface area contributed by atoms with E-state index in [9.17, 15) is 4.79 Å². The third-order valence-corrected chi connectivity index (χ3v) is 2.96. The Labute approximate surface area is 84.2 Å². The molecule has 1 fully saturated rings. The molecule has 0 aliphatic carbocycles. The van der Waals surface area contributed by atoms with Crippen molar-refractivity contribution in [3.05, 3.63) is 0 Å². The van der Waals surface area contributed by atoms with E-state index in [1.807, 2.05) is 11.9 Å². The van der Waals surface area contributed by atoms with Crippen LogP contribution in [0.15, 0.2) is 0 Å². The number of nitrogens with one attached hydrogen (secondary N) is 1. The minimum Gasteiger partial charge on any atom is -0.344 e. The molecule has 0 saturated carbocycles. The Morgan fingerprint density at radius 2 is 2.46 bits per heavy atom. The van der Waals surface area contributed by atoms with E-state index in [2.05, 4.69) is 11.6 Å². The molecule has 1 N–H and O–H groups in total. The van der Waals surface area contributed by atoms with E-state index in [-0.39, 0.29) is 11.9 Å². The van der Waals surface area contributed by atoms with Crippen molar-refractivity contribution in [2.75, 3.05) is 32.1 Å². The van der Waals surface area contributed by atoms with Crippen molar-refractivity contribution in [3.8, 4) is 0 Å². The second kappa shape index (κ2) is 5.50. The fraction of sp³-hybridized carbons (Fsp3) is 0.889. The lowest BCUT2D eigenvalue weighted by molar-refractivity contribution is -0.131. The minimum absolute atomic E-state index is 0.0897. The monoisotopic (exact) mass is 202 g/mol. The van der Waals surface area contributed by atoms with E-state index >= 15 is 0 Å². The molecule has 0 radical (unpaired) electrons. The Morgan fingerprint density at radius 3 is 3.00 bits per heavy atom. The molecule has 0 aromatic heterocycles. The van der Waals surface area contributed by atoms with Gasteiger partial charge in [-0.05, 0) is 25.6 Å². The summed E-state index contributed by atoms with van der Waals surface area (Å²) in [5.74, 6) is 1.28. The Bertz CT molecular complexity index is 169. The van der Waals surface area contributed by atoms with Crippen LogP contribution < -0.4 is 5.32 Å². The first-order valence-electron chi connectivity index (χ1n) is 4.73. The summed E-state index contributed by atoms with van der Waals surface area (Å²) in [7, 11) is 1.89. The normalized spacial score (nSPS) is 21.8. The van der Waals surface area contributed by atoms with E-state index in [0.29, 0.717) is 0 Å². The van der Waals surface area contributed by atoms with E-state index in [4.69, 9.17) is 0 Å². The van der Waals surface area contributed by atoms with Crippen molar-refractivity contribution in [2.24, 2.45) is 0 Å². The van der Waals surface area contributed by atoms with Crippen molar-refractivity contribution >= 4 is 17.7 Å². The van der Waals surface area contributed by atoms with Crippen LogP contribution in [0.1, 0.15) is 12.8 Å². The first-order valence-corrected chi connectivity index (χ1v) is 6.12. The van der Waals surface area contributed by atoms with Crippen molar-refractivity contribution < 1.29 is 4.79 Å². The molecule has 1 atom stereocenters. The number of nitrogens with zero attached hydrogens (tertiary/aromatic N) is 1. The third-order valence-electron chi connectivity index (χ3n) is 2.37. The van der Waals surface area contributed by atoms with Gasteiger partial charge in [0, 0.05) is 19.3 Å². The number of thioether (sulfide) groups is 1. The van der Waals surface area contributed by atoms with Crippen molar-refractivity contribution in [1.29, 1.82) is 0 Å². The van der Waals surface area contributed by atoms with Gasteiger partial charge in [0.05, 0.1) is 6.04 Å². The van der Waals surface area contributed by atoms with Crippen LogP contribution in [0, 0.1) is 0 Å². The molecule has 4 heteroatoms. The molecule has 76 valence electrons. The van der Waals surface area contributed by atoms with Gasteiger partial charge in [0.2, 0.25) is 5.91 Å². The van der Waals surface area contributed by atoms with E-state index in [1.54, 1.807) is 11.8 Å². The average Bonchev–Trinajstić information content (AvgIpc) is 2.65. The van der Waals surface area contributed by atoms with Gasteiger partial charge in [-0.15, -0.1) is 0 Å². The number of rotatable bonds is 4. The zero-order valence-electron chi connectivity index (χ0n) is 8.38. The molecule has 1 rings (SSSR count). The Kier molecular flexibility index (Phi) is 4.59. The third kappa shape index (κ3) is 3.19. The lowest BCUT2D eigenvalue weighted by atomic mass is 10.2. The van der Waals surface area contributed by atoms with Gasteiger partial charge >= 0.3 is 0 Å². The summed E-state index contributed by atoms with van der Waals surface area (Å²) in [6.45, 7) is 1.85. The van der Waals surface area contributed by atoms with Gasteiger partial charge in [-0.3, -0.25) is 4.79 Å². The van der Waals surface area contributed by atoms with Crippen LogP contribution in [0.5, 0.6) is 0 Å². The van der Waals surface area contributed by atoms with Crippen LogP contribution in [0.2, 0.25) is 0 Å². The highest BCUT2D eigenvalue weighted by molar-refractivity contribution is 7.98. The smallest absolute Gasteiger partial charge is 0.239 e. The number of carbonyl (C=O) groups excluding carboxylic acids is 1. The quantitative estimate of drug-likeness (QED) is 0.723. The summed E-state index contributed by atoms with van der Waals surface area (Å²) in [6, 6.07) is 0.0897. The van der Waals surface area contributed by atoms with Crippen molar-refractivity contribution in [1.82, 2.24) is 10.2 Å². The molecule has 1 aliphatic rings. The lowest BCUT2D eigenvalue weighted by Crippen LogP contribution is -2.42. The SMILES string of the molecule is CSCCN(C)C(=O)C1CCCN1. The van der Waals surface area contributed by atoms with Gasteiger partial charge in [-0.2, -0.15) is 11.8 Å².